The number of benzene rings is 2. The van der Waals surface area contributed by atoms with Crippen molar-refractivity contribution >= 4 is 40.0 Å². The summed E-state index contributed by atoms with van der Waals surface area (Å²) in [7, 11) is 0. The van der Waals surface area contributed by atoms with Crippen LogP contribution >= 0.6 is 11.6 Å². The summed E-state index contributed by atoms with van der Waals surface area (Å²) in [5, 5.41) is 4.83. The fourth-order valence-electron chi connectivity index (χ4n) is 5.41. The fourth-order valence-corrected chi connectivity index (χ4v) is 5.54. The van der Waals surface area contributed by atoms with Crippen LogP contribution in [0.4, 0.5) is 5.69 Å². The molecule has 1 aromatic heterocycles. The van der Waals surface area contributed by atoms with Gasteiger partial charge < -0.3 is 19.9 Å². The zero-order chi connectivity index (χ0) is 21.9. The summed E-state index contributed by atoms with van der Waals surface area (Å²) >= 11 is 6.00. The van der Waals surface area contributed by atoms with Gasteiger partial charge in [0.05, 0.1) is 24.5 Å². The van der Waals surface area contributed by atoms with Gasteiger partial charge in [-0.2, -0.15) is 0 Å². The van der Waals surface area contributed by atoms with Gasteiger partial charge in [-0.3, -0.25) is 9.59 Å². The van der Waals surface area contributed by atoms with Gasteiger partial charge >= 0.3 is 0 Å². The molecule has 4 atom stereocenters. The molecule has 2 fully saturated rings. The molecule has 2 amide bonds. The van der Waals surface area contributed by atoms with E-state index in [9.17, 15) is 9.59 Å². The van der Waals surface area contributed by atoms with Crippen molar-refractivity contribution < 1.29 is 14.3 Å². The fraction of sp³-hybridized carbons (Fsp3) is 0.280. The Labute approximate surface area is 190 Å². The number of aromatic amines is 1. The van der Waals surface area contributed by atoms with E-state index < -0.39 is 17.4 Å². The zero-order valence-corrected chi connectivity index (χ0v) is 18.0. The van der Waals surface area contributed by atoms with Crippen LogP contribution in [0.2, 0.25) is 5.02 Å². The summed E-state index contributed by atoms with van der Waals surface area (Å²) < 4.78 is 6.21. The van der Waals surface area contributed by atoms with E-state index >= 15 is 0 Å². The molecule has 32 heavy (non-hydrogen) atoms. The Morgan fingerprint density at radius 1 is 1.22 bits per heavy atom. The van der Waals surface area contributed by atoms with E-state index in [1.807, 2.05) is 48.7 Å². The minimum Gasteiger partial charge on any atom is -0.361 e. The van der Waals surface area contributed by atoms with E-state index in [2.05, 4.69) is 16.4 Å². The Morgan fingerprint density at radius 2 is 2.03 bits per heavy atom. The number of para-hydroxylation sites is 1. The molecular formula is C25H22ClN3O3. The quantitative estimate of drug-likeness (QED) is 0.588. The Balaban J connectivity index is 1.18. The van der Waals surface area contributed by atoms with E-state index in [1.54, 1.807) is 17.0 Å². The lowest BCUT2D eigenvalue weighted by atomic mass is 9.77. The third-order valence-electron chi connectivity index (χ3n) is 6.91. The van der Waals surface area contributed by atoms with Gasteiger partial charge in [-0.05, 0) is 42.3 Å². The number of ether oxygens (including phenoxy) is 1. The molecule has 3 aromatic rings. The maximum atomic E-state index is 13.4. The SMILES string of the molecule is O=C(NCCc1c[nH]c2ccccc12)C1C2C(=O)N(c3ccc(Cl)cc3)C[C@]23C=C[C@H]1O3. The first-order valence-corrected chi connectivity index (χ1v) is 11.2. The van der Waals surface area contributed by atoms with Crippen LogP contribution in [0.3, 0.4) is 0 Å². The van der Waals surface area contributed by atoms with Gasteiger partial charge in [0.25, 0.3) is 0 Å². The molecule has 3 aliphatic heterocycles. The minimum atomic E-state index is -0.736. The molecule has 7 heteroatoms. The summed E-state index contributed by atoms with van der Waals surface area (Å²) in [6, 6.07) is 15.3. The van der Waals surface area contributed by atoms with Crippen LogP contribution in [-0.4, -0.2) is 41.6 Å². The first-order chi connectivity index (χ1) is 15.6. The normalized spacial score (nSPS) is 28.0. The number of nitrogens with zero attached hydrogens (tertiary/aromatic N) is 1. The molecule has 2 bridgehead atoms. The number of aromatic nitrogens is 1. The highest BCUT2D eigenvalue weighted by Gasteiger charge is 2.67. The average Bonchev–Trinajstić information content (AvgIpc) is 3.54. The molecule has 4 heterocycles. The van der Waals surface area contributed by atoms with Crippen molar-refractivity contribution in [3.8, 4) is 0 Å². The van der Waals surface area contributed by atoms with Crippen LogP contribution < -0.4 is 10.2 Å². The Bertz CT molecular complexity index is 1250. The van der Waals surface area contributed by atoms with Crippen LogP contribution in [-0.2, 0) is 20.7 Å². The first-order valence-electron chi connectivity index (χ1n) is 10.8. The largest absolute Gasteiger partial charge is 0.361 e. The number of H-pyrrole nitrogens is 1. The minimum absolute atomic E-state index is 0.0732. The lowest BCUT2D eigenvalue weighted by molar-refractivity contribution is -0.131. The van der Waals surface area contributed by atoms with Gasteiger partial charge in [0.2, 0.25) is 11.8 Å². The second-order valence-corrected chi connectivity index (χ2v) is 9.14. The maximum absolute atomic E-state index is 13.4. The molecule has 0 aliphatic carbocycles. The molecule has 162 valence electrons. The van der Waals surface area contributed by atoms with E-state index in [0.717, 1.165) is 22.2 Å². The lowest BCUT2D eigenvalue weighted by Gasteiger charge is -2.23. The number of amides is 2. The highest BCUT2D eigenvalue weighted by molar-refractivity contribution is 6.30. The standard InChI is InChI=1S/C25H22ClN3O3/c26-16-5-7-17(8-6-16)29-14-25-11-9-20(32-25)21(22(25)24(29)31)23(30)27-12-10-15-13-28-19-4-2-1-3-18(15)19/h1-9,11,13,20-22,28H,10,12,14H2,(H,27,30)/t20-,21?,22?,25-/m1/s1. The van der Waals surface area contributed by atoms with Crippen molar-refractivity contribution in [2.24, 2.45) is 11.8 Å². The monoisotopic (exact) mass is 447 g/mol. The lowest BCUT2D eigenvalue weighted by Crippen LogP contribution is -2.44. The number of hydrogen-bond donors (Lipinski definition) is 2. The molecule has 1 spiro atoms. The Hall–Kier alpha value is -3.09. The van der Waals surface area contributed by atoms with Crippen LogP contribution in [0.25, 0.3) is 10.9 Å². The molecular weight excluding hydrogens is 426 g/mol. The molecule has 2 unspecified atom stereocenters. The molecule has 2 saturated heterocycles. The van der Waals surface area contributed by atoms with Crippen molar-refractivity contribution in [2.45, 2.75) is 18.1 Å². The molecule has 6 nitrogen and oxygen atoms in total. The number of rotatable bonds is 5. The average molecular weight is 448 g/mol. The van der Waals surface area contributed by atoms with Crippen molar-refractivity contribution in [2.75, 3.05) is 18.0 Å². The van der Waals surface area contributed by atoms with E-state index in [0.29, 0.717) is 24.5 Å². The predicted molar refractivity (Wildman–Crippen MR) is 123 cm³/mol. The van der Waals surface area contributed by atoms with Crippen molar-refractivity contribution in [3.63, 3.8) is 0 Å². The number of fused-ring (bicyclic) bond motifs is 2. The van der Waals surface area contributed by atoms with Gasteiger partial charge in [-0.1, -0.05) is 42.0 Å². The van der Waals surface area contributed by atoms with E-state index in [1.165, 1.54) is 0 Å². The molecule has 3 aliphatic rings. The van der Waals surface area contributed by atoms with Crippen LogP contribution in [0.15, 0.2) is 66.9 Å². The van der Waals surface area contributed by atoms with Gasteiger partial charge in [0, 0.05) is 34.4 Å². The molecule has 2 N–H and O–H groups in total. The van der Waals surface area contributed by atoms with Crippen LogP contribution in [0, 0.1) is 11.8 Å². The molecule has 6 rings (SSSR count). The predicted octanol–water partition coefficient (Wildman–Crippen LogP) is 3.47. The summed E-state index contributed by atoms with van der Waals surface area (Å²) in [5.41, 5.74) is 2.27. The molecule has 0 radical (unpaired) electrons. The zero-order valence-electron chi connectivity index (χ0n) is 17.3. The van der Waals surface area contributed by atoms with E-state index in [-0.39, 0.29) is 17.9 Å². The smallest absolute Gasteiger partial charge is 0.234 e. The van der Waals surface area contributed by atoms with Crippen molar-refractivity contribution in [1.29, 1.82) is 0 Å². The van der Waals surface area contributed by atoms with Gasteiger partial charge in [0.1, 0.15) is 5.60 Å². The van der Waals surface area contributed by atoms with E-state index in [4.69, 9.17) is 16.3 Å². The number of anilines is 1. The number of carbonyl (C=O) groups excluding carboxylic acids is 2. The van der Waals surface area contributed by atoms with Crippen LogP contribution in [0.1, 0.15) is 5.56 Å². The number of nitrogens with one attached hydrogen (secondary N) is 2. The summed E-state index contributed by atoms with van der Waals surface area (Å²) in [4.78, 5) is 31.5. The van der Waals surface area contributed by atoms with Gasteiger partial charge in [0.15, 0.2) is 0 Å². The Kier molecular flexibility index (Phi) is 4.42. The maximum Gasteiger partial charge on any atom is 0.234 e. The van der Waals surface area contributed by atoms with Gasteiger partial charge in [-0.25, -0.2) is 0 Å². The van der Waals surface area contributed by atoms with Crippen LogP contribution in [0.5, 0.6) is 0 Å². The van der Waals surface area contributed by atoms with Crippen molar-refractivity contribution in [3.05, 3.63) is 77.5 Å². The second kappa shape index (κ2) is 7.22. The second-order valence-electron chi connectivity index (χ2n) is 8.70. The number of halogens is 1. The summed E-state index contributed by atoms with van der Waals surface area (Å²) in [6.07, 6.45) is 6.24. The number of carbonyl (C=O) groups is 2. The summed E-state index contributed by atoms with van der Waals surface area (Å²) in [6.45, 7) is 0.909. The third kappa shape index (κ3) is 2.90. The van der Waals surface area contributed by atoms with Gasteiger partial charge in [-0.15, -0.1) is 0 Å². The molecule has 2 aromatic carbocycles. The highest BCUT2D eigenvalue weighted by atomic mass is 35.5. The topological polar surface area (TPSA) is 74.4 Å². The highest BCUT2D eigenvalue weighted by Crippen LogP contribution is 2.52. The molecule has 0 saturated carbocycles. The summed E-state index contributed by atoms with van der Waals surface area (Å²) in [5.74, 6) is -1.23. The van der Waals surface area contributed by atoms with Crippen molar-refractivity contribution in [1.82, 2.24) is 10.3 Å². The number of hydrogen-bond acceptors (Lipinski definition) is 3. The Morgan fingerprint density at radius 3 is 2.88 bits per heavy atom. The third-order valence-corrected chi connectivity index (χ3v) is 7.16. The first kappa shape index (κ1) is 19.6.